The molecule has 0 aliphatic carbocycles. The number of nitrogens with one attached hydrogen (secondary N) is 2. The van der Waals surface area contributed by atoms with Crippen LogP contribution in [0.2, 0.25) is 0 Å². The first-order valence-corrected chi connectivity index (χ1v) is 10.1. The number of carbonyl (C=O) groups is 5. The van der Waals surface area contributed by atoms with Crippen molar-refractivity contribution in [2.24, 2.45) is 5.92 Å². The number of amides is 4. The minimum atomic E-state index is -0.770. The fraction of sp³-hybridized carbons (Fsp3) is 0.737. The van der Waals surface area contributed by atoms with Gasteiger partial charge in [-0.25, -0.2) is 4.79 Å². The third-order valence-corrected chi connectivity index (χ3v) is 4.77. The highest BCUT2D eigenvalue weighted by Crippen LogP contribution is 2.18. The number of nitrogens with zero attached hydrogens (tertiary/aromatic N) is 2. The van der Waals surface area contributed by atoms with Crippen LogP contribution in [-0.2, 0) is 28.8 Å². The van der Waals surface area contributed by atoms with E-state index in [4.69, 9.17) is 4.84 Å². The lowest BCUT2D eigenvalue weighted by Crippen LogP contribution is -2.45. The average molecular weight is 419 g/mol. The molecule has 2 aliphatic heterocycles. The molecule has 2 aliphatic rings. The van der Waals surface area contributed by atoms with E-state index in [1.165, 1.54) is 0 Å². The van der Waals surface area contributed by atoms with Crippen LogP contribution in [0.25, 0.3) is 0 Å². The summed E-state index contributed by atoms with van der Waals surface area (Å²) in [7, 11) is 0. The van der Waals surface area contributed by atoms with Gasteiger partial charge < -0.3 is 15.5 Å². The van der Waals surface area contributed by atoms with Crippen LogP contribution >= 0.6 is 0 Å². The molecule has 1 unspecified atom stereocenters. The van der Waals surface area contributed by atoms with E-state index in [1.54, 1.807) is 0 Å². The Hall–Kier alpha value is -2.49. The smallest absolute Gasteiger partial charge is 0.334 e. The molecule has 0 spiro atoms. The van der Waals surface area contributed by atoms with Crippen molar-refractivity contribution < 1.29 is 28.8 Å². The van der Waals surface area contributed by atoms with Crippen molar-refractivity contribution in [3.63, 3.8) is 0 Å². The first kappa shape index (κ1) is 22.8. The lowest BCUT2D eigenvalue weighted by atomic mass is 10.2. The van der Waals surface area contributed by atoms with Gasteiger partial charge in [0.2, 0.25) is 11.8 Å². The highest BCUT2D eigenvalue weighted by Gasteiger charge is 2.33. The Morgan fingerprint density at radius 2 is 1.72 bits per heavy atom. The Morgan fingerprint density at radius 3 is 2.38 bits per heavy atom. The monoisotopic (exact) mass is 419 g/mol. The van der Waals surface area contributed by atoms with E-state index in [0.29, 0.717) is 11.0 Å². The number of carbonyl (C=O) groups excluding carboxylic acids is 5. The topological polar surface area (TPSA) is 125 Å². The molecule has 162 valence electrons. The molecule has 2 saturated heterocycles. The standard InChI is InChI=1S/C19H30N4O6/c1-13(2)12-22-11-3-4-14(22)19(28)21-9-7-15(24)20-10-8-18(27)29-23-16(25)5-6-17(23)26/h13-14H,3-12H2,1-2H3,(H,20,24)(H,21,28)/i7+1,8+1,9+1,10+1,12+1,15+1,18+1,20+1,21+1. The SMILES string of the molecule is CC(C)[13CH2]N1CCCC1C(=O)[15NH][13CH2][13CH2][13C](=O)[15NH][13CH2][13CH2][13C](=O)ON1C(=O)CCC1=O. The molecule has 0 aromatic carbocycles. The molecule has 1 atom stereocenters. The van der Waals surface area contributed by atoms with Gasteiger partial charge in [0.05, 0.1) is 12.5 Å². The minimum absolute atomic E-state index is 0.0205. The Labute approximate surface area is 170 Å². The molecule has 0 radical (unpaired) electrons. The lowest BCUT2D eigenvalue weighted by Gasteiger charge is -2.25. The van der Waals surface area contributed by atoms with Gasteiger partial charge in [-0.15, -0.1) is 5.06 Å². The average Bonchev–Trinajstić information content (AvgIpc) is 3.22. The molecule has 2 rings (SSSR count). The number of imide groups is 1. The zero-order valence-corrected chi connectivity index (χ0v) is 17.1. The molecule has 0 aromatic rings. The Balaban J connectivity index is 1.58. The van der Waals surface area contributed by atoms with Gasteiger partial charge >= 0.3 is 5.97 Å². The van der Waals surface area contributed by atoms with Crippen LogP contribution in [0.15, 0.2) is 0 Å². The summed E-state index contributed by atoms with van der Waals surface area (Å²) in [5, 5.41) is 5.83. The summed E-state index contributed by atoms with van der Waals surface area (Å²) in [5.74, 6) is -1.73. The van der Waals surface area contributed by atoms with Crippen LogP contribution in [0.1, 0.15) is 52.4 Å². The fourth-order valence-corrected chi connectivity index (χ4v) is 3.43. The van der Waals surface area contributed by atoms with Crippen molar-refractivity contribution in [2.75, 3.05) is 26.2 Å². The van der Waals surface area contributed by atoms with Gasteiger partial charge in [0.25, 0.3) is 11.8 Å². The van der Waals surface area contributed by atoms with Crippen molar-refractivity contribution in [1.82, 2.24) is 20.6 Å². The summed E-state index contributed by atoms with van der Waals surface area (Å²) < 4.78 is 0. The predicted octanol–water partition coefficient (Wildman–Crippen LogP) is -0.273. The first-order chi connectivity index (χ1) is 13.8. The maximum absolute atomic E-state index is 12.3. The van der Waals surface area contributed by atoms with Gasteiger partial charge in [0, 0.05) is 38.9 Å². The van der Waals surface area contributed by atoms with Crippen LogP contribution in [0, 0.1) is 5.92 Å². The highest BCUT2D eigenvalue weighted by atomic mass is 16.8. The van der Waals surface area contributed by atoms with Crippen LogP contribution in [0.3, 0.4) is 0 Å². The Kier molecular flexibility index (Phi) is 8.56. The molecule has 2 fully saturated rings. The number of hydrogen-bond acceptors (Lipinski definition) is 7. The van der Waals surface area contributed by atoms with Crippen molar-refractivity contribution >= 4 is 29.6 Å². The molecule has 0 bridgehead atoms. The number of hydroxylamine groups is 2. The quantitative estimate of drug-likeness (QED) is 0.284. The van der Waals surface area contributed by atoms with E-state index in [0.717, 1.165) is 25.9 Å². The van der Waals surface area contributed by atoms with E-state index in [2.05, 4.69) is 29.4 Å². The molecule has 10 nitrogen and oxygen atoms in total. The van der Waals surface area contributed by atoms with E-state index < -0.39 is 17.8 Å². The summed E-state index contributed by atoms with van der Waals surface area (Å²) in [6.45, 7) is 6.28. The third kappa shape index (κ3) is 7.12. The van der Waals surface area contributed by atoms with Crippen LogP contribution < -0.4 is 10.6 Å². The molecule has 2 N–H and O–H groups in total. The zero-order chi connectivity index (χ0) is 21.4. The van der Waals surface area contributed by atoms with Crippen LogP contribution in [0.4, 0.5) is 0 Å². The lowest BCUT2D eigenvalue weighted by molar-refractivity contribution is -0.197. The summed E-state index contributed by atoms with van der Waals surface area (Å²) in [5.41, 5.74) is 0. The van der Waals surface area contributed by atoms with Crippen LogP contribution in [0.5, 0.6) is 0 Å². The minimum Gasteiger partial charge on any atom is -0.355 e. The summed E-state index contributed by atoms with van der Waals surface area (Å²) in [4.78, 5) is 65.4. The number of likely N-dealkylation sites (tertiary alicyclic amines) is 1. The van der Waals surface area contributed by atoms with Crippen molar-refractivity contribution in [3.05, 3.63) is 0 Å². The van der Waals surface area contributed by atoms with Crippen molar-refractivity contribution in [3.8, 4) is 0 Å². The third-order valence-electron chi connectivity index (χ3n) is 4.77. The molecular formula is C19H30N4O6. The van der Waals surface area contributed by atoms with Gasteiger partial charge in [0.15, 0.2) is 0 Å². The molecule has 29 heavy (non-hydrogen) atoms. The second-order valence-corrected chi connectivity index (χ2v) is 7.73. The second-order valence-electron chi connectivity index (χ2n) is 7.73. The zero-order valence-electron chi connectivity index (χ0n) is 17.1. The van der Waals surface area contributed by atoms with Gasteiger partial charge in [-0.05, 0) is 25.3 Å². The van der Waals surface area contributed by atoms with E-state index in [9.17, 15) is 24.0 Å². The van der Waals surface area contributed by atoms with Crippen LogP contribution in [-0.4, -0.2) is 71.8 Å². The van der Waals surface area contributed by atoms with E-state index in [-0.39, 0.29) is 56.6 Å². The molecule has 4 amide bonds. The summed E-state index contributed by atoms with van der Waals surface area (Å²) in [6.07, 6.45) is 1.82. The molecular weight excluding hydrogens is 389 g/mol. The molecule has 10 heteroatoms. The van der Waals surface area contributed by atoms with E-state index >= 15 is 0 Å². The Bertz CT molecular complexity index is 635. The summed E-state index contributed by atoms with van der Waals surface area (Å²) in [6, 6.07) is -0.133. The first-order valence-electron chi connectivity index (χ1n) is 10.1. The second kappa shape index (κ2) is 10.9. The highest BCUT2D eigenvalue weighted by molar-refractivity contribution is 6.01. The summed E-state index contributed by atoms with van der Waals surface area (Å²) >= 11 is 0. The van der Waals surface area contributed by atoms with Gasteiger partial charge in [-0.1, -0.05) is 13.8 Å². The van der Waals surface area contributed by atoms with Gasteiger partial charge in [-0.2, -0.15) is 0 Å². The van der Waals surface area contributed by atoms with Crippen molar-refractivity contribution in [2.45, 2.75) is 58.4 Å². The number of rotatable bonds is 10. The fourth-order valence-electron chi connectivity index (χ4n) is 3.43. The molecule has 2 heterocycles. The maximum Gasteiger partial charge on any atom is 0.334 e. The van der Waals surface area contributed by atoms with Gasteiger partial charge in [-0.3, -0.25) is 24.1 Å². The van der Waals surface area contributed by atoms with Crippen molar-refractivity contribution in [1.29, 1.82) is 0 Å². The Morgan fingerprint density at radius 1 is 1.07 bits per heavy atom. The van der Waals surface area contributed by atoms with Gasteiger partial charge in [0.1, 0.15) is 0 Å². The number of hydrogen-bond donors (Lipinski definition) is 2. The van der Waals surface area contributed by atoms with E-state index in [1.807, 2.05) is 0 Å². The largest absolute Gasteiger partial charge is 0.355 e. The molecule has 0 saturated carbocycles. The maximum atomic E-state index is 12.3. The molecule has 0 aromatic heterocycles. The predicted molar refractivity (Wildman–Crippen MR) is 102 cm³/mol. The normalized spacial score (nSPS) is 19.7.